The van der Waals surface area contributed by atoms with Crippen LogP contribution >= 0.6 is 11.6 Å². The van der Waals surface area contributed by atoms with Gasteiger partial charge in [0.2, 0.25) is 5.56 Å². The lowest BCUT2D eigenvalue weighted by molar-refractivity contribution is 0.171. The summed E-state index contributed by atoms with van der Waals surface area (Å²) in [4.78, 5) is 14.1. The number of rotatable bonds is 7. The molecule has 4 N–H and O–H groups in total. The second-order valence-electron chi connectivity index (χ2n) is 6.74. The van der Waals surface area contributed by atoms with Crippen molar-refractivity contribution in [3.05, 3.63) is 75.0 Å². The molecule has 0 amide bonds. The summed E-state index contributed by atoms with van der Waals surface area (Å²) in [6.07, 6.45) is 0.981. The lowest BCUT2D eigenvalue weighted by Crippen LogP contribution is -2.31. The Bertz CT molecular complexity index is 987. The van der Waals surface area contributed by atoms with Crippen molar-refractivity contribution in [2.45, 2.75) is 31.9 Å². The van der Waals surface area contributed by atoms with Crippen LogP contribution in [0.15, 0.2) is 53.3 Å². The third-order valence-corrected chi connectivity index (χ3v) is 5.10. The van der Waals surface area contributed by atoms with Crippen molar-refractivity contribution in [1.29, 1.82) is 0 Å². The molecule has 6 heteroatoms. The molecule has 2 aromatic carbocycles. The molecule has 0 radical (unpaired) electrons. The SMILES string of the molecule is CC(CCc1ccccc1Cl)NCC(O)c1ccc(O)c2[nH]c(=O)ccc12. The molecule has 0 aliphatic carbocycles. The number of aliphatic hydroxyl groups excluding tert-OH is 1. The van der Waals surface area contributed by atoms with Crippen LogP contribution in [0.25, 0.3) is 10.9 Å². The normalized spacial score (nSPS) is 13.6. The maximum atomic E-state index is 11.5. The standard InChI is InChI=1S/C21H23ClN2O3/c1-13(6-7-14-4-2-3-5-17(14)22)23-12-19(26)15-8-10-18(25)21-16(15)9-11-20(27)24-21/h2-5,8-11,13,19,23,25-26H,6-7,12H2,1H3,(H,24,27). The van der Waals surface area contributed by atoms with Gasteiger partial charge in [0.05, 0.1) is 11.6 Å². The van der Waals surface area contributed by atoms with Crippen molar-refractivity contribution in [2.75, 3.05) is 6.54 Å². The maximum Gasteiger partial charge on any atom is 0.248 e. The van der Waals surface area contributed by atoms with E-state index in [0.29, 0.717) is 23.0 Å². The molecule has 142 valence electrons. The van der Waals surface area contributed by atoms with E-state index in [4.69, 9.17) is 11.6 Å². The van der Waals surface area contributed by atoms with Crippen molar-refractivity contribution in [2.24, 2.45) is 0 Å². The Balaban J connectivity index is 1.63. The number of aromatic amines is 1. The molecular weight excluding hydrogens is 364 g/mol. The highest BCUT2D eigenvalue weighted by atomic mass is 35.5. The van der Waals surface area contributed by atoms with Crippen molar-refractivity contribution >= 4 is 22.5 Å². The number of aliphatic hydroxyl groups is 1. The highest BCUT2D eigenvalue weighted by Gasteiger charge is 2.15. The zero-order valence-electron chi connectivity index (χ0n) is 15.1. The number of fused-ring (bicyclic) bond motifs is 1. The smallest absolute Gasteiger partial charge is 0.248 e. The first-order valence-corrected chi connectivity index (χ1v) is 9.33. The molecule has 1 heterocycles. The van der Waals surface area contributed by atoms with Gasteiger partial charge in [-0.3, -0.25) is 4.79 Å². The fourth-order valence-corrected chi connectivity index (χ4v) is 3.38. The number of aryl methyl sites for hydroxylation is 1. The van der Waals surface area contributed by atoms with Crippen LogP contribution in [0.3, 0.4) is 0 Å². The number of halogens is 1. The molecule has 3 aromatic rings. The first-order valence-electron chi connectivity index (χ1n) is 8.95. The van der Waals surface area contributed by atoms with Gasteiger partial charge in [-0.25, -0.2) is 0 Å². The van der Waals surface area contributed by atoms with Crippen LogP contribution in [0.1, 0.15) is 30.6 Å². The Morgan fingerprint density at radius 2 is 1.93 bits per heavy atom. The van der Waals surface area contributed by atoms with Crippen LogP contribution < -0.4 is 10.9 Å². The Hall–Kier alpha value is -2.34. The van der Waals surface area contributed by atoms with Crippen LogP contribution in [0.5, 0.6) is 5.75 Å². The molecule has 0 fully saturated rings. The van der Waals surface area contributed by atoms with Gasteiger partial charge in [0, 0.05) is 29.1 Å². The second-order valence-corrected chi connectivity index (χ2v) is 7.15. The van der Waals surface area contributed by atoms with E-state index in [0.717, 1.165) is 23.4 Å². The molecule has 0 bridgehead atoms. The molecule has 0 saturated carbocycles. The minimum atomic E-state index is -0.762. The van der Waals surface area contributed by atoms with Crippen LogP contribution in [0.2, 0.25) is 5.02 Å². The number of nitrogens with one attached hydrogen (secondary N) is 2. The number of hydrogen-bond acceptors (Lipinski definition) is 4. The molecule has 5 nitrogen and oxygen atoms in total. The van der Waals surface area contributed by atoms with Gasteiger partial charge >= 0.3 is 0 Å². The Labute approximate surface area is 162 Å². The van der Waals surface area contributed by atoms with E-state index in [-0.39, 0.29) is 17.4 Å². The number of benzene rings is 2. The monoisotopic (exact) mass is 386 g/mol. The van der Waals surface area contributed by atoms with E-state index in [1.807, 2.05) is 24.3 Å². The molecule has 1 aromatic heterocycles. The summed E-state index contributed by atoms with van der Waals surface area (Å²) < 4.78 is 0. The molecule has 0 saturated heterocycles. The summed E-state index contributed by atoms with van der Waals surface area (Å²) in [7, 11) is 0. The van der Waals surface area contributed by atoms with Crippen molar-refractivity contribution in [3.63, 3.8) is 0 Å². The molecule has 27 heavy (non-hydrogen) atoms. The summed E-state index contributed by atoms with van der Waals surface area (Å²) in [6.45, 7) is 2.43. The fourth-order valence-electron chi connectivity index (χ4n) is 3.15. The average Bonchev–Trinajstić information content (AvgIpc) is 2.66. The van der Waals surface area contributed by atoms with Crippen LogP contribution in [-0.2, 0) is 6.42 Å². The van der Waals surface area contributed by atoms with E-state index < -0.39 is 6.10 Å². The summed E-state index contributed by atoms with van der Waals surface area (Å²) in [6, 6.07) is 14.2. The van der Waals surface area contributed by atoms with E-state index >= 15 is 0 Å². The summed E-state index contributed by atoms with van der Waals surface area (Å²) in [5.74, 6) is -0.0142. The lowest BCUT2D eigenvalue weighted by atomic mass is 10.0. The molecule has 0 aliphatic rings. The number of hydrogen-bond donors (Lipinski definition) is 4. The lowest BCUT2D eigenvalue weighted by Gasteiger charge is -2.19. The van der Waals surface area contributed by atoms with E-state index in [1.165, 1.54) is 12.1 Å². The molecule has 2 unspecified atom stereocenters. The predicted molar refractivity (Wildman–Crippen MR) is 108 cm³/mol. The molecule has 0 aliphatic heterocycles. The van der Waals surface area contributed by atoms with Gasteiger partial charge in [-0.15, -0.1) is 0 Å². The predicted octanol–water partition coefficient (Wildman–Crippen LogP) is 3.53. The molecular formula is C21H23ClN2O3. The van der Waals surface area contributed by atoms with E-state index in [1.54, 1.807) is 12.1 Å². The third-order valence-electron chi connectivity index (χ3n) is 4.73. The van der Waals surface area contributed by atoms with Gasteiger partial charge in [-0.2, -0.15) is 0 Å². The highest BCUT2D eigenvalue weighted by molar-refractivity contribution is 6.31. The molecule has 3 rings (SSSR count). The number of phenolic OH excluding ortho intramolecular Hbond substituents is 1. The third kappa shape index (κ3) is 4.69. The minimum absolute atomic E-state index is 0.0142. The summed E-state index contributed by atoms with van der Waals surface area (Å²) in [5, 5.41) is 25.3. The van der Waals surface area contributed by atoms with Crippen LogP contribution in [-0.4, -0.2) is 27.8 Å². The zero-order valence-corrected chi connectivity index (χ0v) is 15.8. The number of pyridine rings is 1. The highest BCUT2D eigenvalue weighted by Crippen LogP contribution is 2.28. The van der Waals surface area contributed by atoms with Crippen LogP contribution in [0.4, 0.5) is 0 Å². The Morgan fingerprint density at radius 3 is 2.70 bits per heavy atom. The Morgan fingerprint density at radius 1 is 1.15 bits per heavy atom. The zero-order chi connectivity index (χ0) is 19.4. The number of aromatic hydroxyl groups is 1. The van der Waals surface area contributed by atoms with Crippen molar-refractivity contribution in [3.8, 4) is 5.75 Å². The van der Waals surface area contributed by atoms with E-state index in [2.05, 4.69) is 17.2 Å². The quantitative estimate of drug-likeness (QED) is 0.500. The first kappa shape index (κ1) is 19.4. The first-order chi connectivity index (χ1) is 13.0. The average molecular weight is 387 g/mol. The van der Waals surface area contributed by atoms with Crippen LogP contribution in [0, 0.1) is 0 Å². The fraction of sp³-hybridized carbons (Fsp3) is 0.286. The maximum absolute atomic E-state index is 11.5. The van der Waals surface area contributed by atoms with Crippen molar-refractivity contribution < 1.29 is 10.2 Å². The van der Waals surface area contributed by atoms with Gasteiger partial charge in [0.15, 0.2) is 0 Å². The number of aromatic nitrogens is 1. The summed E-state index contributed by atoms with van der Waals surface area (Å²) >= 11 is 6.19. The number of phenols is 1. The van der Waals surface area contributed by atoms with Gasteiger partial charge in [-0.05, 0) is 49.1 Å². The van der Waals surface area contributed by atoms with Gasteiger partial charge < -0.3 is 20.5 Å². The van der Waals surface area contributed by atoms with Gasteiger partial charge in [0.1, 0.15) is 5.75 Å². The van der Waals surface area contributed by atoms with Gasteiger partial charge in [0.25, 0.3) is 0 Å². The molecule has 2 atom stereocenters. The largest absolute Gasteiger partial charge is 0.506 e. The van der Waals surface area contributed by atoms with Gasteiger partial charge in [-0.1, -0.05) is 35.9 Å². The second kappa shape index (κ2) is 8.57. The Kier molecular flexibility index (Phi) is 6.16. The molecule has 0 spiro atoms. The van der Waals surface area contributed by atoms with E-state index in [9.17, 15) is 15.0 Å². The topological polar surface area (TPSA) is 85.3 Å². The summed E-state index contributed by atoms with van der Waals surface area (Å²) in [5.41, 5.74) is 1.81. The minimum Gasteiger partial charge on any atom is -0.506 e. The van der Waals surface area contributed by atoms with Crippen molar-refractivity contribution in [1.82, 2.24) is 10.3 Å². The number of H-pyrrole nitrogens is 1.